The van der Waals surface area contributed by atoms with Crippen LogP contribution in [0.5, 0.6) is 0 Å². The highest BCUT2D eigenvalue weighted by atomic mass is 32.1. The van der Waals surface area contributed by atoms with E-state index in [1.165, 1.54) is 34.8 Å². The van der Waals surface area contributed by atoms with Crippen molar-refractivity contribution in [2.45, 2.75) is 44.7 Å². The first kappa shape index (κ1) is 18.1. The van der Waals surface area contributed by atoms with Crippen molar-refractivity contribution in [3.05, 3.63) is 45.8 Å². The van der Waals surface area contributed by atoms with E-state index < -0.39 is 0 Å². The van der Waals surface area contributed by atoms with E-state index in [-0.39, 0.29) is 24.1 Å². The van der Waals surface area contributed by atoms with Gasteiger partial charge < -0.3 is 5.32 Å². The third kappa shape index (κ3) is 4.17. The molecule has 27 heavy (non-hydrogen) atoms. The fourth-order valence-corrected chi connectivity index (χ4v) is 4.90. The van der Waals surface area contributed by atoms with Crippen LogP contribution in [0.1, 0.15) is 32.1 Å². The molecule has 0 saturated heterocycles. The minimum absolute atomic E-state index is 0.0146. The first-order valence-electron chi connectivity index (χ1n) is 9.04. The smallest absolute Gasteiger partial charge is 0.264 e. The summed E-state index contributed by atoms with van der Waals surface area (Å²) < 4.78 is 1.36. The van der Waals surface area contributed by atoms with Crippen molar-refractivity contribution in [2.75, 3.05) is 0 Å². The number of hydrogen-bond acceptors (Lipinski definition) is 6. The van der Waals surface area contributed by atoms with Crippen molar-refractivity contribution in [2.24, 2.45) is 0 Å². The molecule has 140 valence electrons. The Balaban J connectivity index is 1.51. The number of nitrogens with one attached hydrogen (secondary N) is 1. The second-order valence-corrected chi connectivity index (χ2v) is 8.46. The molecule has 1 aliphatic rings. The average molecular weight is 401 g/mol. The van der Waals surface area contributed by atoms with Crippen molar-refractivity contribution < 1.29 is 4.79 Å². The van der Waals surface area contributed by atoms with Crippen molar-refractivity contribution in [1.29, 1.82) is 0 Å². The Morgan fingerprint density at radius 1 is 1.26 bits per heavy atom. The minimum atomic E-state index is -0.240. The highest BCUT2D eigenvalue weighted by Gasteiger charge is 2.17. The van der Waals surface area contributed by atoms with Gasteiger partial charge in [0.15, 0.2) is 0 Å². The van der Waals surface area contributed by atoms with E-state index in [9.17, 15) is 9.59 Å². The zero-order chi connectivity index (χ0) is 18.6. The Bertz CT molecular complexity index is 972. The van der Waals surface area contributed by atoms with Crippen LogP contribution in [0, 0.1) is 0 Å². The van der Waals surface area contributed by atoms with E-state index in [0.29, 0.717) is 10.6 Å². The van der Waals surface area contributed by atoms with Crippen molar-refractivity contribution in [3.8, 4) is 21.1 Å². The lowest BCUT2D eigenvalue weighted by molar-refractivity contribution is -0.122. The van der Waals surface area contributed by atoms with E-state index >= 15 is 0 Å². The zero-order valence-electron chi connectivity index (χ0n) is 14.8. The van der Waals surface area contributed by atoms with Gasteiger partial charge in [-0.1, -0.05) is 25.3 Å². The van der Waals surface area contributed by atoms with E-state index in [1.54, 1.807) is 11.3 Å². The maximum Gasteiger partial charge on any atom is 0.264 e. The van der Waals surface area contributed by atoms with Gasteiger partial charge in [0.25, 0.3) is 5.56 Å². The molecule has 1 saturated carbocycles. The molecular weight excluding hydrogens is 380 g/mol. The number of rotatable bonds is 5. The highest BCUT2D eigenvalue weighted by Crippen LogP contribution is 2.29. The second kappa shape index (κ2) is 8.14. The normalized spacial score (nSPS) is 15.0. The van der Waals surface area contributed by atoms with E-state index in [2.05, 4.69) is 15.3 Å². The summed E-state index contributed by atoms with van der Waals surface area (Å²) in [5.41, 5.74) is 1.04. The number of carbonyl (C=O) groups excluding carboxylic acids is 1. The standard InChI is InChI=1S/C19H20N4O2S2/c24-17(21-13-5-2-1-3-6-13)10-23-12-20-9-14(19(23)25)18-22-15(11-27-18)16-7-4-8-26-16/h4,7-9,11-13H,1-3,5-6,10H2,(H,21,24). The van der Waals surface area contributed by atoms with Gasteiger partial charge in [-0.05, 0) is 24.3 Å². The van der Waals surface area contributed by atoms with Crippen LogP contribution in [0.15, 0.2) is 40.2 Å². The molecule has 6 nitrogen and oxygen atoms in total. The van der Waals surface area contributed by atoms with Crippen LogP contribution in [0.4, 0.5) is 0 Å². The number of nitrogens with zero attached hydrogens (tertiary/aromatic N) is 3. The largest absolute Gasteiger partial charge is 0.352 e. The van der Waals surface area contributed by atoms with Gasteiger partial charge in [-0.25, -0.2) is 9.97 Å². The summed E-state index contributed by atoms with van der Waals surface area (Å²) in [5, 5.41) is 7.60. The summed E-state index contributed by atoms with van der Waals surface area (Å²) in [6.07, 6.45) is 8.51. The van der Waals surface area contributed by atoms with Gasteiger partial charge in [0.1, 0.15) is 11.6 Å². The molecule has 0 spiro atoms. The first-order chi connectivity index (χ1) is 13.2. The molecule has 1 fully saturated rings. The highest BCUT2D eigenvalue weighted by molar-refractivity contribution is 7.15. The monoisotopic (exact) mass is 400 g/mol. The molecule has 0 bridgehead atoms. The zero-order valence-corrected chi connectivity index (χ0v) is 16.4. The van der Waals surface area contributed by atoms with Gasteiger partial charge in [-0.3, -0.25) is 14.2 Å². The lowest BCUT2D eigenvalue weighted by Crippen LogP contribution is -2.40. The van der Waals surface area contributed by atoms with Crippen LogP contribution in [0.3, 0.4) is 0 Å². The molecule has 0 atom stereocenters. The second-order valence-electron chi connectivity index (χ2n) is 6.66. The predicted molar refractivity (Wildman–Crippen MR) is 108 cm³/mol. The molecule has 0 aromatic carbocycles. The molecule has 3 heterocycles. The summed E-state index contributed by atoms with van der Waals surface area (Å²) in [6.45, 7) is -0.0146. The maximum atomic E-state index is 12.8. The molecular formula is C19H20N4O2S2. The Morgan fingerprint density at radius 2 is 2.11 bits per heavy atom. The number of thiophene rings is 1. The maximum absolute atomic E-state index is 12.8. The van der Waals surface area contributed by atoms with Crippen LogP contribution in [-0.4, -0.2) is 26.5 Å². The van der Waals surface area contributed by atoms with Crippen molar-refractivity contribution in [1.82, 2.24) is 19.9 Å². The summed E-state index contributed by atoms with van der Waals surface area (Å²) >= 11 is 3.02. The van der Waals surface area contributed by atoms with Gasteiger partial charge >= 0.3 is 0 Å². The fraction of sp³-hybridized carbons (Fsp3) is 0.368. The molecule has 4 rings (SSSR count). The number of carbonyl (C=O) groups is 1. The van der Waals surface area contributed by atoms with Crippen LogP contribution < -0.4 is 10.9 Å². The number of amides is 1. The quantitative estimate of drug-likeness (QED) is 0.711. The molecule has 0 aliphatic heterocycles. The van der Waals surface area contributed by atoms with Crippen LogP contribution in [0.2, 0.25) is 0 Å². The summed E-state index contributed by atoms with van der Waals surface area (Å²) in [4.78, 5) is 34.9. The Morgan fingerprint density at radius 3 is 2.89 bits per heavy atom. The Labute approximate surface area is 164 Å². The Kier molecular flexibility index (Phi) is 5.45. The number of aromatic nitrogens is 3. The van der Waals surface area contributed by atoms with Gasteiger partial charge in [-0.2, -0.15) is 0 Å². The third-order valence-electron chi connectivity index (χ3n) is 4.69. The molecule has 1 N–H and O–H groups in total. The Hall–Kier alpha value is -2.32. The molecule has 0 unspecified atom stereocenters. The van der Waals surface area contributed by atoms with Gasteiger partial charge in [0.05, 0.1) is 22.5 Å². The minimum Gasteiger partial charge on any atom is -0.352 e. The van der Waals surface area contributed by atoms with E-state index in [0.717, 1.165) is 36.3 Å². The van der Waals surface area contributed by atoms with Gasteiger partial charge in [-0.15, -0.1) is 22.7 Å². The number of hydrogen-bond donors (Lipinski definition) is 1. The van der Waals surface area contributed by atoms with Crippen LogP contribution in [-0.2, 0) is 11.3 Å². The van der Waals surface area contributed by atoms with E-state index in [1.807, 2.05) is 22.9 Å². The first-order valence-corrected chi connectivity index (χ1v) is 10.8. The topological polar surface area (TPSA) is 76.9 Å². The third-order valence-corrected chi connectivity index (χ3v) is 6.46. The van der Waals surface area contributed by atoms with Crippen molar-refractivity contribution in [3.63, 3.8) is 0 Å². The summed E-state index contributed by atoms with van der Waals surface area (Å²) in [6, 6.07) is 4.20. The SMILES string of the molecule is O=C(Cn1cncc(-c2nc(-c3cccs3)cs2)c1=O)NC1CCCCC1. The average Bonchev–Trinajstić information content (AvgIpc) is 3.36. The van der Waals surface area contributed by atoms with Crippen molar-refractivity contribution >= 4 is 28.6 Å². The molecule has 8 heteroatoms. The number of thiazole rings is 1. The lowest BCUT2D eigenvalue weighted by atomic mass is 9.95. The van der Waals surface area contributed by atoms with Crippen LogP contribution >= 0.6 is 22.7 Å². The fourth-order valence-electron chi connectivity index (χ4n) is 3.32. The molecule has 3 aromatic rings. The molecule has 0 radical (unpaired) electrons. The summed E-state index contributed by atoms with van der Waals surface area (Å²) in [7, 11) is 0. The van der Waals surface area contributed by atoms with Gasteiger partial charge in [0.2, 0.25) is 5.91 Å². The molecule has 1 aliphatic carbocycles. The molecule has 1 amide bonds. The van der Waals surface area contributed by atoms with Crippen LogP contribution in [0.25, 0.3) is 21.1 Å². The lowest BCUT2D eigenvalue weighted by Gasteiger charge is -2.22. The molecule has 3 aromatic heterocycles. The van der Waals surface area contributed by atoms with Gasteiger partial charge in [0, 0.05) is 17.6 Å². The van der Waals surface area contributed by atoms with E-state index in [4.69, 9.17) is 0 Å². The predicted octanol–water partition coefficient (Wildman–Crippen LogP) is 3.54. The summed E-state index contributed by atoms with van der Waals surface area (Å²) in [5.74, 6) is -0.138.